The van der Waals surface area contributed by atoms with Crippen LogP contribution in [-0.2, 0) is 0 Å². The van der Waals surface area contributed by atoms with Crippen molar-refractivity contribution in [2.75, 3.05) is 6.61 Å². The minimum Gasteiger partial charge on any atom is -0.490 e. The lowest BCUT2D eigenvalue weighted by molar-refractivity contribution is -0.0334. The Bertz CT molecular complexity index is 380. The first-order chi connectivity index (χ1) is 9.46. The summed E-state index contributed by atoms with van der Waals surface area (Å²) in [6.07, 6.45) is 6.00. The molecule has 0 spiro atoms. The quantitative estimate of drug-likeness (QED) is 0.896. The van der Waals surface area contributed by atoms with E-state index in [9.17, 15) is 5.11 Å². The smallest absolute Gasteiger partial charge is 0.155 e. The summed E-state index contributed by atoms with van der Waals surface area (Å²) < 4.78 is 5.57. The second-order valence-corrected chi connectivity index (χ2v) is 5.91. The number of hydrogen-bond acceptors (Lipinski definition) is 4. The highest BCUT2D eigenvalue weighted by Crippen LogP contribution is 2.42. The molecule has 0 saturated heterocycles. The van der Waals surface area contributed by atoms with Crippen molar-refractivity contribution in [1.29, 1.82) is 0 Å². The molecule has 1 aliphatic rings. The highest BCUT2D eigenvalue weighted by molar-refractivity contribution is 5.16. The number of nitrogens with zero attached hydrogens (tertiary/aromatic N) is 2. The molecule has 1 N–H and O–H groups in total. The highest BCUT2D eigenvalue weighted by Gasteiger charge is 2.40. The van der Waals surface area contributed by atoms with Crippen molar-refractivity contribution >= 4 is 0 Å². The summed E-state index contributed by atoms with van der Waals surface area (Å²) in [5.74, 6) is 2.48. The van der Waals surface area contributed by atoms with Crippen LogP contribution in [0.3, 0.4) is 0 Å². The fourth-order valence-corrected chi connectivity index (χ4v) is 2.21. The molecule has 0 bridgehead atoms. The van der Waals surface area contributed by atoms with Crippen LogP contribution in [0.25, 0.3) is 0 Å². The summed E-state index contributed by atoms with van der Waals surface area (Å²) in [5.41, 5.74) is -0.527. The zero-order valence-corrected chi connectivity index (χ0v) is 13.4. The van der Waals surface area contributed by atoms with Gasteiger partial charge in [-0.25, -0.2) is 9.97 Å². The third kappa shape index (κ3) is 5.08. The molecule has 1 heterocycles. The zero-order valence-electron chi connectivity index (χ0n) is 13.4. The van der Waals surface area contributed by atoms with Gasteiger partial charge in [0, 0.05) is 5.92 Å². The van der Waals surface area contributed by atoms with Gasteiger partial charge in [0.2, 0.25) is 0 Å². The van der Waals surface area contributed by atoms with Crippen LogP contribution in [0.15, 0.2) is 12.4 Å². The summed E-state index contributed by atoms with van der Waals surface area (Å²) in [4.78, 5) is 8.63. The third-order valence-corrected chi connectivity index (χ3v) is 3.35. The molecule has 0 unspecified atom stereocenters. The maximum Gasteiger partial charge on any atom is 0.155 e. The molecule has 1 aromatic heterocycles. The summed E-state index contributed by atoms with van der Waals surface area (Å²) in [6.45, 7) is 10.9. The van der Waals surface area contributed by atoms with E-state index in [1.165, 1.54) is 0 Å². The Balaban J connectivity index is 0.000000956. The Morgan fingerprint density at radius 1 is 1.30 bits per heavy atom. The summed E-state index contributed by atoms with van der Waals surface area (Å²) in [6, 6.07) is 0. The van der Waals surface area contributed by atoms with Gasteiger partial charge in [0.05, 0.1) is 24.6 Å². The van der Waals surface area contributed by atoms with Crippen molar-refractivity contribution in [2.24, 2.45) is 5.92 Å². The Morgan fingerprint density at radius 2 is 1.85 bits per heavy atom. The van der Waals surface area contributed by atoms with E-state index in [0.29, 0.717) is 18.4 Å². The van der Waals surface area contributed by atoms with Gasteiger partial charge in [-0.1, -0.05) is 27.7 Å². The molecule has 4 nitrogen and oxygen atoms in total. The molecule has 2 rings (SSSR count). The predicted molar refractivity (Wildman–Crippen MR) is 80.9 cm³/mol. The van der Waals surface area contributed by atoms with Crippen molar-refractivity contribution in [3.63, 3.8) is 0 Å². The maximum atomic E-state index is 9.69. The van der Waals surface area contributed by atoms with E-state index in [1.807, 2.05) is 20.8 Å². The highest BCUT2D eigenvalue weighted by atomic mass is 16.5. The van der Waals surface area contributed by atoms with Gasteiger partial charge in [0.1, 0.15) is 5.82 Å². The second-order valence-electron chi connectivity index (χ2n) is 5.91. The lowest BCUT2D eigenvalue weighted by atomic mass is 9.72. The Kier molecular flexibility index (Phi) is 6.40. The van der Waals surface area contributed by atoms with Crippen molar-refractivity contribution in [2.45, 2.75) is 65.4 Å². The number of aliphatic hydroxyl groups is 1. The van der Waals surface area contributed by atoms with Gasteiger partial charge in [-0.15, -0.1) is 0 Å². The normalized spacial score (nSPS) is 24.6. The summed E-state index contributed by atoms with van der Waals surface area (Å²) >= 11 is 0. The molecular weight excluding hydrogens is 252 g/mol. The second kappa shape index (κ2) is 7.58. The predicted octanol–water partition coefficient (Wildman–Crippen LogP) is 3.56. The first-order valence-corrected chi connectivity index (χ1v) is 7.63. The molecular formula is C16H28N2O2. The van der Waals surface area contributed by atoms with E-state index >= 15 is 0 Å². The standard InChI is InChI=1S/C14H22N2O2.C2H6/c1-10(2)4-5-18-12-8-15-13(16-9-12)11-6-14(3,17)7-11;1-2/h8-11,17H,4-7H2,1-3H3;1-2H3. The van der Waals surface area contributed by atoms with Gasteiger partial charge in [0.15, 0.2) is 5.75 Å². The molecule has 0 aromatic carbocycles. The summed E-state index contributed by atoms with van der Waals surface area (Å²) in [7, 11) is 0. The monoisotopic (exact) mass is 280 g/mol. The van der Waals surface area contributed by atoms with Crippen LogP contribution in [0.5, 0.6) is 5.75 Å². The SMILES string of the molecule is CC.CC(C)CCOc1cnc(C2CC(C)(O)C2)nc1. The largest absolute Gasteiger partial charge is 0.490 e. The molecule has 1 saturated carbocycles. The van der Waals surface area contributed by atoms with Crippen LogP contribution in [0.1, 0.15) is 65.6 Å². The van der Waals surface area contributed by atoms with Crippen LogP contribution in [0, 0.1) is 5.92 Å². The third-order valence-electron chi connectivity index (χ3n) is 3.35. The Hall–Kier alpha value is -1.16. The van der Waals surface area contributed by atoms with E-state index < -0.39 is 5.60 Å². The van der Waals surface area contributed by atoms with E-state index in [-0.39, 0.29) is 0 Å². The van der Waals surface area contributed by atoms with Crippen LogP contribution in [-0.4, -0.2) is 27.3 Å². The van der Waals surface area contributed by atoms with Crippen molar-refractivity contribution in [1.82, 2.24) is 9.97 Å². The van der Waals surface area contributed by atoms with Crippen LogP contribution in [0.4, 0.5) is 0 Å². The number of ether oxygens (including phenoxy) is 1. The van der Waals surface area contributed by atoms with Crippen LogP contribution < -0.4 is 4.74 Å². The van der Waals surface area contributed by atoms with Crippen LogP contribution in [0.2, 0.25) is 0 Å². The van der Waals surface area contributed by atoms with Gasteiger partial charge >= 0.3 is 0 Å². The van der Waals surface area contributed by atoms with Crippen molar-refractivity contribution in [3.05, 3.63) is 18.2 Å². The topological polar surface area (TPSA) is 55.2 Å². The fraction of sp³-hybridized carbons (Fsp3) is 0.750. The molecule has 1 aliphatic carbocycles. The zero-order chi connectivity index (χ0) is 15.2. The number of hydrogen-bond donors (Lipinski definition) is 1. The lowest BCUT2D eigenvalue weighted by Crippen LogP contribution is -2.39. The maximum absolute atomic E-state index is 9.69. The van der Waals surface area contributed by atoms with E-state index in [4.69, 9.17) is 4.74 Å². The minimum absolute atomic E-state index is 0.296. The van der Waals surface area contributed by atoms with E-state index in [1.54, 1.807) is 12.4 Å². The van der Waals surface area contributed by atoms with Crippen molar-refractivity contribution < 1.29 is 9.84 Å². The molecule has 20 heavy (non-hydrogen) atoms. The molecule has 4 heteroatoms. The van der Waals surface area contributed by atoms with E-state index in [0.717, 1.165) is 30.8 Å². The Labute approximate surface area is 122 Å². The molecule has 1 aromatic rings. The first-order valence-electron chi connectivity index (χ1n) is 7.63. The average molecular weight is 280 g/mol. The van der Waals surface area contributed by atoms with Gasteiger partial charge in [-0.3, -0.25) is 0 Å². The minimum atomic E-state index is -0.527. The molecule has 114 valence electrons. The molecule has 0 atom stereocenters. The van der Waals surface area contributed by atoms with Gasteiger partial charge in [-0.2, -0.15) is 0 Å². The Morgan fingerprint density at radius 3 is 2.30 bits per heavy atom. The van der Waals surface area contributed by atoms with Crippen LogP contribution >= 0.6 is 0 Å². The van der Waals surface area contributed by atoms with Gasteiger partial charge in [-0.05, 0) is 32.1 Å². The molecule has 0 amide bonds. The molecule has 0 aliphatic heterocycles. The molecule has 1 fully saturated rings. The van der Waals surface area contributed by atoms with Gasteiger partial charge < -0.3 is 9.84 Å². The number of rotatable bonds is 5. The fourth-order valence-electron chi connectivity index (χ4n) is 2.21. The number of aromatic nitrogens is 2. The van der Waals surface area contributed by atoms with Crippen molar-refractivity contribution in [3.8, 4) is 5.75 Å². The average Bonchev–Trinajstić information content (AvgIpc) is 2.39. The van der Waals surface area contributed by atoms with E-state index in [2.05, 4.69) is 23.8 Å². The van der Waals surface area contributed by atoms with Gasteiger partial charge in [0.25, 0.3) is 0 Å². The summed E-state index contributed by atoms with van der Waals surface area (Å²) in [5, 5.41) is 9.69. The molecule has 0 radical (unpaired) electrons. The lowest BCUT2D eigenvalue weighted by Gasteiger charge is -2.39. The first kappa shape index (κ1) is 16.9.